The number of nitrogens with one attached hydrogen (secondary N) is 1. The monoisotopic (exact) mass is 367 g/mol. The first-order valence-corrected chi connectivity index (χ1v) is 8.73. The van der Waals surface area contributed by atoms with Crippen LogP contribution in [0.25, 0.3) is 11.0 Å². The minimum atomic E-state index is -0.114. The summed E-state index contributed by atoms with van der Waals surface area (Å²) in [4.78, 5) is 29.4. The van der Waals surface area contributed by atoms with E-state index in [4.69, 9.17) is 4.74 Å². The molecule has 0 aliphatic carbocycles. The zero-order chi connectivity index (χ0) is 18.8. The van der Waals surface area contributed by atoms with Gasteiger partial charge in [0.15, 0.2) is 0 Å². The van der Waals surface area contributed by atoms with Gasteiger partial charge < -0.3 is 24.4 Å². The minimum absolute atomic E-state index is 0.114. The number of hydrogen-bond donors (Lipinski definition) is 1. The fraction of sp³-hybridized carbons (Fsp3) is 0.333. The van der Waals surface area contributed by atoms with Crippen molar-refractivity contribution in [3.8, 4) is 5.88 Å². The Morgan fingerprint density at radius 2 is 1.96 bits per heavy atom. The van der Waals surface area contributed by atoms with Gasteiger partial charge in [-0.15, -0.1) is 0 Å². The SMILES string of the molecule is COc1ccnc(N2CCN(C(=O)Nc3ccc4c(c3)ncn4C)CC2)n1. The van der Waals surface area contributed by atoms with E-state index in [0.717, 1.165) is 16.7 Å². The van der Waals surface area contributed by atoms with Crippen LogP contribution in [0.3, 0.4) is 0 Å². The Balaban J connectivity index is 1.37. The van der Waals surface area contributed by atoms with Crippen molar-refractivity contribution < 1.29 is 9.53 Å². The average Bonchev–Trinajstić information content (AvgIpc) is 3.08. The van der Waals surface area contributed by atoms with Gasteiger partial charge >= 0.3 is 6.03 Å². The maximum atomic E-state index is 12.6. The van der Waals surface area contributed by atoms with E-state index in [-0.39, 0.29) is 6.03 Å². The molecule has 140 valence electrons. The highest BCUT2D eigenvalue weighted by molar-refractivity contribution is 5.92. The number of rotatable bonds is 3. The number of imidazole rings is 1. The van der Waals surface area contributed by atoms with Gasteiger partial charge in [-0.3, -0.25) is 0 Å². The molecule has 4 rings (SSSR count). The van der Waals surface area contributed by atoms with Crippen LogP contribution in [0.4, 0.5) is 16.4 Å². The molecule has 0 saturated carbocycles. The predicted octanol–water partition coefficient (Wildman–Crippen LogP) is 1.73. The zero-order valence-electron chi connectivity index (χ0n) is 15.3. The number of fused-ring (bicyclic) bond motifs is 1. The Kier molecular flexibility index (Phi) is 4.49. The largest absolute Gasteiger partial charge is 0.481 e. The van der Waals surface area contributed by atoms with Crippen molar-refractivity contribution in [1.29, 1.82) is 0 Å². The van der Waals surface area contributed by atoms with Crippen LogP contribution in [-0.2, 0) is 7.05 Å². The van der Waals surface area contributed by atoms with Crippen LogP contribution in [0, 0.1) is 0 Å². The number of aryl methyl sites for hydroxylation is 1. The van der Waals surface area contributed by atoms with Gasteiger partial charge in [0, 0.05) is 51.2 Å². The predicted molar refractivity (Wildman–Crippen MR) is 102 cm³/mol. The van der Waals surface area contributed by atoms with E-state index >= 15 is 0 Å². The van der Waals surface area contributed by atoms with E-state index in [1.165, 1.54) is 0 Å². The molecule has 1 saturated heterocycles. The van der Waals surface area contributed by atoms with Crippen molar-refractivity contribution >= 4 is 28.7 Å². The molecule has 0 unspecified atom stereocenters. The summed E-state index contributed by atoms with van der Waals surface area (Å²) in [7, 11) is 3.52. The van der Waals surface area contributed by atoms with Crippen molar-refractivity contribution in [1.82, 2.24) is 24.4 Å². The number of methoxy groups -OCH3 is 1. The van der Waals surface area contributed by atoms with Gasteiger partial charge in [0.05, 0.1) is 24.5 Å². The molecular weight excluding hydrogens is 346 g/mol. The first-order valence-electron chi connectivity index (χ1n) is 8.73. The van der Waals surface area contributed by atoms with Crippen LogP contribution in [0.15, 0.2) is 36.8 Å². The summed E-state index contributed by atoms with van der Waals surface area (Å²) in [5.41, 5.74) is 2.62. The number of urea groups is 1. The molecule has 2 aromatic heterocycles. The summed E-state index contributed by atoms with van der Waals surface area (Å²) in [6.45, 7) is 2.52. The van der Waals surface area contributed by atoms with Crippen LogP contribution >= 0.6 is 0 Å². The second kappa shape index (κ2) is 7.10. The molecule has 1 aromatic carbocycles. The average molecular weight is 367 g/mol. The maximum absolute atomic E-state index is 12.6. The molecule has 1 fully saturated rings. The molecule has 1 N–H and O–H groups in total. The number of nitrogens with zero attached hydrogens (tertiary/aromatic N) is 6. The number of benzene rings is 1. The fourth-order valence-electron chi connectivity index (χ4n) is 3.12. The van der Waals surface area contributed by atoms with E-state index < -0.39 is 0 Å². The standard InChI is InChI=1S/C18H21N7O2/c1-23-12-20-14-11-13(3-4-15(14)23)21-18(26)25-9-7-24(8-10-25)17-19-6-5-16(22-17)27-2/h3-6,11-12H,7-10H2,1-2H3,(H,21,26). The number of amides is 2. The maximum Gasteiger partial charge on any atom is 0.321 e. The number of carbonyl (C=O) groups excluding carboxylic acids is 1. The van der Waals surface area contributed by atoms with Gasteiger partial charge in [-0.1, -0.05) is 0 Å². The molecule has 9 heteroatoms. The third-order valence-corrected chi connectivity index (χ3v) is 4.65. The summed E-state index contributed by atoms with van der Waals surface area (Å²) in [5.74, 6) is 1.15. The van der Waals surface area contributed by atoms with Crippen LogP contribution in [-0.4, -0.2) is 63.7 Å². The summed E-state index contributed by atoms with van der Waals surface area (Å²) >= 11 is 0. The number of anilines is 2. The lowest BCUT2D eigenvalue weighted by Gasteiger charge is -2.34. The summed E-state index contributed by atoms with van der Waals surface area (Å²) in [6, 6.07) is 7.33. The smallest absolute Gasteiger partial charge is 0.321 e. The van der Waals surface area contributed by atoms with Crippen LogP contribution in [0.1, 0.15) is 0 Å². The first kappa shape index (κ1) is 17.1. The zero-order valence-corrected chi connectivity index (χ0v) is 15.3. The quantitative estimate of drug-likeness (QED) is 0.758. The minimum Gasteiger partial charge on any atom is -0.481 e. The highest BCUT2D eigenvalue weighted by Crippen LogP contribution is 2.19. The number of carbonyl (C=O) groups is 1. The molecule has 3 heterocycles. The van der Waals surface area contributed by atoms with E-state index in [9.17, 15) is 4.79 Å². The summed E-state index contributed by atoms with van der Waals surface area (Å²) in [5, 5.41) is 2.95. The molecule has 2 amide bonds. The highest BCUT2D eigenvalue weighted by Gasteiger charge is 2.23. The number of hydrogen-bond acceptors (Lipinski definition) is 6. The van der Waals surface area contributed by atoms with Gasteiger partial charge in [0.2, 0.25) is 11.8 Å². The Labute approximate surface area is 156 Å². The lowest BCUT2D eigenvalue weighted by Crippen LogP contribution is -2.50. The Morgan fingerprint density at radius 3 is 2.74 bits per heavy atom. The number of ether oxygens (including phenoxy) is 1. The third kappa shape index (κ3) is 3.48. The van der Waals surface area contributed by atoms with E-state index in [1.807, 2.05) is 34.7 Å². The summed E-state index contributed by atoms with van der Waals surface area (Å²) in [6.07, 6.45) is 3.43. The van der Waals surface area contributed by atoms with E-state index in [0.29, 0.717) is 38.0 Å². The second-order valence-corrected chi connectivity index (χ2v) is 6.36. The number of aromatic nitrogens is 4. The van der Waals surface area contributed by atoms with Gasteiger partial charge in [0.25, 0.3) is 0 Å². The topological polar surface area (TPSA) is 88.4 Å². The van der Waals surface area contributed by atoms with Gasteiger partial charge in [-0.25, -0.2) is 14.8 Å². The van der Waals surface area contributed by atoms with Crippen molar-refractivity contribution in [2.45, 2.75) is 0 Å². The van der Waals surface area contributed by atoms with E-state index in [1.54, 1.807) is 30.6 Å². The highest BCUT2D eigenvalue weighted by atomic mass is 16.5. The Morgan fingerprint density at radius 1 is 1.15 bits per heavy atom. The van der Waals surface area contributed by atoms with Crippen molar-refractivity contribution in [3.63, 3.8) is 0 Å². The molecule has 1 aliphatic heterocycles. The molecule has 9 nitrogen and oxygen atoms in total. The Hall–Kier alpha value is -3.36. The lowest BCUT2D eigenvalue weighted by molar-refractivity contribution is 0.208. The molecule has 0 radical (unpaired) electrons. The third-order valence-electron chi connectivity index (χ3n) is 4.65. The van der Waals surface area contributed by atoms with Crippen LogP contribution in [0.2, 0.25) is 0 Å². The van der Waals surface area contributed by atoms with Crippen LogP contribution in [0.5, 0.6) is 5.88 Å². The molecule has 3 aromatic rings. The molecule has 0 bridgehead atoms. The van der Waals surface area contributed by atoms with Gasteiger partial charge in [-0.2, -0.15) is 4.98 Å². The molecule has 27 heavy (non-hydrogen) atoms. The van der Waals surface area contributed by atoms with E-state index in [2.05, 4.69) is 20.3 Å². The van der Waals surface area contributed by atoms with Crippen LogP contribution < -0.4 is 15.0 Å². The molecule has 0 spiro atoms. The molecular formula is C18H21N7O2. The fourth-order valence-corrected chi connectivity index (χ4v) is 3.12. The number of piperazine rings is 1. The van der Waals surface area contributed by atoms with Crippen molar-refractivity contribution in [2.75, 3.05) is 43.5 Å². The van der Waals surface area contributed by atoms with Gasteiger partial charge in [0.1, 0.15) is 0 Å². The van der Waals surface area contributed by atoms with Crippen molar-refractivity contribution in [2.24, 2.45) is 7.05 Å². The second-order valence-electron chi connectivity index (χ2n) is 6.36. The van der Waals surface area contributed by atoms with Gasteiger partial charge in [-0.05, 0) is 18.2 Å². The normalized spacial score (nSPS) is 14.4. The summed E-state index contributed by atoms with van der Waals surface area (Å²) < 4.78 is 7.09. The molecule has 1 aliphatic rings. The molecule has 0 atom stereocenters. The van der Waals surface area contributed by atoms with Crippen molar-refractivity contribution in [3.05, 3.63) is 36.8 Å². The Bertz CT molecular complexity index is 963. The first-order chi connectivity index (χ1) is 13.1. The lowest BCUT2D eigenvalue weighted by atomic mass is 10.2.